The van der Waals surface area contributed by atoms with E-state index < -0.39 is 0 Å². The van der Waals surface area contributed by atoms with Gasteiger partial charge in [0.2, 0.25) is 5.91 Å². The van der Waals surface area contributed by atoms with Crippen molar-refractivity contribution in [3.63, 3.8) is 0 Å². The lowest BCUT2D eigenvalue weighted by Gasteiger charge is -2.29. The van der Waals surface area contributed by atoms with E-state index in [0.29, 0.717) is 6.54 Å². The van der Waals surface area contributed by atoms with Gasteiger partial charge in [-0.25, -0.2) is 0 Å². The highest BCUT2D eigenvalue weighted by atomic mass is 35.5. The summed E-state index contributed by atoms with van der Waals surface area (Å²) in [4.78, 5) is 15.5. The number of hydrogen-bond donors (Lipinski definition) is 0. The molecule has 1 fully saturated rings. The summed E-state index contributed by atoms with van der Waals surface area (Å²) in [6.45, 7) is 6.88. The van der Waals surface area contributed by atoms with Gasteiger partial charge >= 0.3 is 0 Å². The molecule has 0 aliphatic heterocycles. The van der Waals surface area contributed by atoms with Gasteiger partial charge in [0.05, 0.1) is 10.9 Å². The van der Waals surface area contributed by atoms with Gasteiger partial charge in [-0.3, -0.25) is 4.79 Å². The van der Waals surface area contributed by atoms with Gasteiger partial charge in [-0.2, -0.15) is 0 Å². The largest absolute Gasteiger partial charge is 0.335 e. The Labute approximate surface area is 112 Å². The van der Waals surface area contributed by atoms with E-state index in [1.165, 1.54) is 0 Å². The molecule has 1 aliphatic carbocycles. The van der Waals surface area contributed by atoms with E-state index in [-0.39, 0.29) is 17.4 Å². The summed E-state index contributed by atoms with van der Waals surface area (Å²) >= 11 is 7.47. The molecule has 2 nitrogen and oxygen atoms in total. The number of thiophene rings is 1. The molecule has 17 heavy (non-hydrogen) atoms. The summed E-state index contributed by atoms with van der Waals surface area (Å²) in [6, 6.07) is 4.13. The Balaban J connectivity index is 2.10. The second-order valence-electron chi connectivity index (χ2n) is 5.29. The van der Waals surface area contributed by atoms with Crippen molar-refractivity contribution in [2.24, 2.45) is 5.41 Å². The van der Waals surface area contributed by atoms with Crippen LogP contribution in [0.4, 0.5) is 0 Å². The number of carbonyl (C=O) groups excluding carboxylic acids is 1. The lowest BCUT2D eigenvalue weighted by atomic mass is 10.1. The first-order chi connectivity index (χ1) is 7.92. The van der Waals surface area contributed by atoms with Crippen molar-refractivity contribution in [3.05, 3.63) is 21.3 Å². The molecule has 94 valence electrons. The molecule has 2 rings (SSSR count). The minimum atomic E-state index is -0.0919. The summed E-state index contributed by atoms with van der Waals surface area (Å²) in [6.07, 6.45) is 2.06. The Morgan fingerprint density at radius 1 is 1.53 bits per heavy atom. The van der Waals surface area contributed by atoms with Crippen LogP contribution in [0.2, 0.25) is 4.34 Å². The van der Waals surface area contributed by atoms with Gasteiger partial charge < -0.3 is 4.90 Å². The lowest BCUT2D eigenvalue weighted by Crippen LogP contribution is -2.40. The van der Waals surface area contributed by atoms with E-state index in [4.69, 9.17) is 11.6 Å². The zero-order valence-corrected chi connectivity index (χ0v) is 12.1. The number of nitrogens with zero attached hydrogens (tertiary/aromatic N) is 1. The minimum Gasteiger partial charge on any atom is -0.335 e. The fourth-order valence-electron chi connectivity index (χ4n) is 1.84. The number of rotatable bonds is 4. The van der Waals surface area contributed by atoms with E-state index in [2.05, 4.69) is 20.8 Å². The number of amides is 1. The fraction of sp³-hybridized carbons (Fsp3) is 0.615. The van der Waals surface area contributed by atoms with Gasteiger partial charge in [-0.1, -0.05) is 18.5 Å². The summed E-state index contributed by atoms with van der Waals surface area (Å²) in [5, 5.41) is 0. The van der Waals surface area contributed by atoms with Crippen LogP contribution in [0.15, 0.2) is 12.1 Å². The topological polar surface area (TPSA) is 20.3 Å². The lowest BCUT2D eigenvalue weighted by molar-refractivity contribution is -0.138. The van der Waals surface area contributed by atoms with Crippen LogP contribution >= 0.6 is 22.9 Å². The average Bonchev–Trinajstić information content (AvgIpc) is 2.87. The quantitative estimate of drug-likeness (QED) is 0.812. The SMILES string of the molecule is CC(C)N(Cc1ccc(Cl)s1)C(=O)C1(C)CC1. The Morgan fingerprint density at radius 2 is 2.18 bits per heavy atom. The Morgan fingerprint density at radius 3 is 2.59 bits per heavy atom. The number of carbonyl (C=O) groups is 1. The molecule has 0 radical (unpaired) electrons. The maximum absolute atomic E-state index is 12.4. The third-order valence-electron chi connectivity index (χ3n) is 3.36. The Hall–Kier alpha value is -0.540. The monoisotopic (exact) mass is 271 g/mol. The van der Waals surface area contributed by atoms with Gasteiger partial charge in [0.1, 0.15) is 0 Å². The van der Waals surface area contributed by atoms with Crippen LogP contribution in [-0.2, 0) is 11.3 Å². The van der Waals surface area contributed by atoms with Gasteiger partial charge in [0.25, 0.3) is 0 Å². The second kappa shape index (κ2) is 4.62. The van der Waals surface area contributed by atoms with Crippen LogP contribution in [-0.4, -0.2) is 16.8 Å². The molecule has 1 amide bonds. The standard InChI is InChI=1S/C13H18ClNOS/c1-9(2)15(12(16)13(3)6-7-13)8-10-4-5-11(14)17-10/h4-5,9H,6-8H2,1-3H3. The van der Waals surface area contributed by atoms with E-state index in [1.807, 2.05) is 17.0 Å². The smallest absolute Gasteiger partial charge is 0.229 e. The molecular weight excluding hydrogens is 254 g/mol. The third kappa shape index (κ3) is 2.83. The normalized spacial score (nSPS) is 17.2. The van der Waals surface area contributed by atoms with Crippen LogP contribution in [0.1, 0.15) is 38.5 Å². The second-order valence-corrected chi connectivity index (χ2v) is 7.09. The zero-order chi connectivity index (χ0) is 12.6. The summed E-state index contributed by atoms with van der Waals surface area (Å²) in [5.41, 5.74) is -0.0919. The zero-order valence-electron chi connectivity index (χ0n) is 10.5. The van der Waals surface area contributed by atoms with Crippen molar-refractivity contribution < 1.29 is 4.79 Å². The Bertz CT molecular complexity index is 423. The van der Waals surface area contributed by atoms with Crippen LogP contribution in [0.25, 0.3) is 0 Å². The maximum atomic E-state index is 12.4. The first-order valence-electron chi connectivity index (χ1n) is 5.98. The molecule has 0 aromatic carbocycles. The van der Waals surface area contributed by atoms with Crippen molar-refractivity contribution in [2.75, 3.05) is 0 Å². The first-order valence-corrected chi connectivity index (χ1v) is 7.17. The first kappa shape index (κ1) is 12.9. The van der Waals surface area contributed by atoms with Crippen molar-refractivity contribution >= 4 is 28.8 Å². The van der Waals surface area contributed by atoms with Gasteiger partial charge in [0.15, 0.2) is 0 Å². The molecular formula is C13H18ClNOS. The average molecular weight is 272 g/mol. The highest BCUT2D eigenvalue weighted by molar-refractivity contribution is 7.16. The predicted molar refractivity (Wildman–Crippen MR) is 72.4 cm³/mol. The van der Waals surface area contributed by atoms with Gasteiger partial charge in [0, 0.05) is 16.3 Å². The van der Waals surface area contributed by atoms with Crippen molar-refractivity contribution in [3.8, 4) is 0 Å². The van der Waals surface area contributed by atoms with Crippen LogP contribution in [0.5, 0.6) is 0 Å². The van der Waals surface area contributed by atoms with Crippen LogP contribution < -0.4 is 0 Å². The number of hydrogen-bond acceptors (Lipinski definition) is 2. The molecule has 1 aliphatic rings. The van der Waals surface area contributed by atoms with Gasteiger partial charge in [-0.05, 0) is 38.8 Å². The van der Waals surface area contributed by atoms with Crippen molar-refractivity contribution in [1.82, 2.24) is 4.90 Å². The molecule has 0 N–H and O–H groups in total. The highest BCUT2D eigenvalue weighted by Gasteiger charge is 2.47. The molecule has 0 atom stereocenters. The molecule has 0 spiro atoms. The predicted octanol–water partition coefficient (Wildman–Crippen LogP) is 3.94. The van der Waals surface area contributed by atoms with E-state index in [1.54, 1.807) is 11.3 Å². The van der Waals surface area contributed by atoms with Gasteiger partial charge in [-0.15, -0.1) is 11.3 Å². The molecule has 1 aromatic heterocycles. The molecule has 0 bridgehead atoms. The van der Waals surface area contributed by atoms with E-state index in [0.717, 1.165) is 22.1 Å². The minimum absolute atomic E-state index is 0.0919. The molecule has 0 unspecified atom stereocenters. The third-order valence-corrected chi connectivity index (χ3v) is 4.57. The van der Waals surface area contributed by atoms with Crippen molar-refractivity contribution in [2.45, 2.75) is 46.2 Å². The van der Waals surface area contributed by atoms with E-state index in [9.17, 15) is 4.79 Å². The molecule has 4 heteroatoms. The summed E-state index contributed by atoms with van der Waals surface area (Å²) in [7, 11) is 0. The van der Waals surface area contributed by atoms with E-state index >= 15 is 0 Å². The van der Waals surface area contributed by atoms with Crippen molar-refractivity contribution in [1.29, 1.82) is 0 Å². The molecule has 0 saturated heterocycles. The molecule has 1 saturated carbocycles. The number of halogens is 1. The van der Waals surface area contributed by atoms with Crippen LogP contribution in [0.3, 0.4) is 0 Å². The van der Waals surface area contributed by atoms with Crippen LogP contribution in [0, 0.1) is 5.41 Å². The molecule has 1 aromatic rings. The highest BCUT2D eigenvalue weighted by Crippen LogP contribution is 2.47. The summed E-state index contributed by atoms with van der Waals surface area (Å²) in [5.74, 6) is 0.289. The fourth-order valence-corrected chi connectivity index (χ4v) is 2.93. The summed E-state index contributed by atoms with van der Waals surface area (Å²) < 4.78 is 0.786. The maximum Gasteiger partial charge on any atom is 0.229 e. The molecule has 1 heterocycles. The Kier molecular flexibility index (Phi) is 3.50.